The number of amides is 1. The topological polar surface area (TPSA) is 50.4 Å². The first-order valence-electron chi connectivity index (χ1n) is 6.76. The average molecular weight is 298 g/mol. The first kappa shape index (κ1) is 19.0. The molecule has 0 saturated heterocycles. The van der Waals surface area contributed by atoms with E-state index in [2.05, 4.69) is 10.6 Å². The highest BCUT2D eigenvalue weighted by Gasteiger charge is 2.26. The number of hydrogen-bond acceptors (Lipinski definition) is 3. The fourth-order valence-electron chi connectivity index (χ4n) is 1.51. The maximum atomic E-state index is 12.0. The molecule has 1 atom stereocenters. The first-order chi connectivity index (χ1) is 8.99. The van der Waals surface area contributed by atoms with E-state index in [9.17, 15) is 18.0 Å². The molecule has 0 heterocycles. The van der Waals surface area contributed by atoms with Crippen LogP contribution in [0.5, 0.6) is 0 Å². The van der Waals surface area contributed by atoms with Gasteiger partial charge in [-0.3, -0.25) is 0 Å². The molecule has 0 saturated carbocycles. The molecule has 2 N–H and O–H groups in total. The molecule has 0 bridgehead atoms. The molecule has 120 valence electrons. The van der Waals surface area contributed by atoms with Gasteiger partial charge in [-0.15, -0.1) is 0 Å². The number of alkyl halides is 3. The van der Waals surface area contributed by atoms with Crippen LogP contribution < -0.4 is 10.6 Å². The summed E-state index contributed by atoms with van der Waals surface area (Å²) in [5, 5.41) is 5.62. The number of carbonyl (C=O) groups excluding carboxylic acids is 1. The van der Waals surface area contributed by atoms with Gasteiger partial charge in [0.25, 0.3) is 0 Å². The van der Waals surface area contributed by atoms with Crippen molar-refractivity contribution in [2.75, 3.05) is 13.1 Å². The quantitative estimate of drug-likeness (QED) is 0.710. The van der Waals surface area contributed by atoms with E-state index in [1.165, 1.54) is 0 Å². The maximum Gasteiger partial charge on any atom is 0.407 e. The Morgan fingerprint density at radius 3 is 2.30 bits per heavy atom. The molecule has 0 aromatic carbocycles. The van der Waals surface area contributed by atoms with Crippen LogP contribution in [-0.2, 0) is 4.74 Å². The largest absolute Gasteiger partial charge is 0.444 e. The summed E-state index contributed by atoms with van der Waals surface area (Å²) in [6.07, 6.45) is -4.78. The van der Waals surface area contributed by atoms with Crippen molar-refractivity contribution < 1.29 is 22.7 Å². The third kappa shape index (κ3) is 13.5. The predicted molar refractivity (Wildman–Crippen MR) is 71.6 cm³/mol. The Morgan fingerprint density at radius 1 is 1.20 bits per heavy atom. The van der Waals surface area contributed by atoms with Crippen LogP contribution in [0.15, 0.2) is 0 Å². The minimum Gasteiger partial charge on any atom is -0.444 e. The van der Waals surface area contributed by atoms with Gasteiger partial charge in [-0.2, -0.15) is 13.2 Å². The fourth-order valence-corrected chi connectivity index (χ4v) is 1.51. The van der Waals surface area contributed by atoms with Crippen LogP contribution in [0, 0.1) is 0 Å². The van der Waals surface area contributed by atoms with Crippen molar-refractivity contribution in [1.82, 2.24) is 10.6 Å². The van der Waals surface area contributed by atoms with Crippen LogP contribution in [0.4, 0.5) is 18.0 Å². The molecule has 0 aliphatic rings. The van der Waals surface area contributed by atoms with Gasteiger partial charge in [0.1, 0.15) is 5.60 Å². The monoisotopic (exact) mass is 298 g/mol. The number of alkyl carbamates (subject to hydrolysis) is 1. The van der Waals surface area contributed by atoms with Crippen molar-refractivity contribution in [3.8, 4) is 0 Å². The third-order valence-electron chi connectivity index (χ3n) is 2.38. The molecule has 0 aliphatic carbocycles. The number of rotatable bonds is 7. The Hall–Kier alpha value is -0.980. The van der Waals surface area contributed by atoms with Crippen LogP contribution in [-0.4, -0.2) is 37.0 Å². The van der Waals surface area contributed by atoms with E-state index < -0.39 is 24.3 Å². The molecule has 0 spiro atoms. The van der Waals surface area contributed by atoms with Crippen molar-refractivity contribution in [1.29, 1.82) is 0 Å². The fraction of sp³-hybridized carbons (Fsp3) is 0.923. The molecular formula is C13H25F3N2O2. The molecule has 1 unspecified atom stereocenters. The van der Waals surface area contributed by atoms with Gasteiger partial charge < -0.3 is 15.4 Å². The van der Waals surface area contributed by atoms with Crippen LogP contribution in [0.2, 0.25) is 0 Å². The number of ether oxygens (including phenoxy) is 1. The van der Waals surface area contributed by atoms with E-state index >= 15 is 0 Å². The normalized spacial score (nSPS) is 13.9. The maximum absolute atomic E-state index is 12.0. The predicted octanol–water partition coefficient (Wildman–Crippen LogP) is 3.22. The molecule has 0 aliphatic heterocycles. The highest BCUT2D eigenvalue weighted by Crippen LogP contribution is 2.22. The second-order valence-electron chi connectivity index (χ2n) is 5.79. The number of halogens is 3. The second kappa shape index (κ2) is 8.34. The van der Waals surface area contributed by atoms with Gasteiger partial charge in [0.15, 0.2) is 0 Å². The van der Waals surface area contributed by atoms with Crippen LogP contribution >= 0.6 is 0 Å². The van der Waals surface area contributed by atoms with E-state index in [0.717, 1.165) is 0 Å². The second-order valence-corrected chi connectivity index (χ2v) is 5.79. The molecule has 7 heteroatoms. The minimum absolute atomic E-state index is 0.0159. The molecule has 0 radical (unpaired) electrons. The zero-order chi connectivity index (χ0) is 15.8. The van der Waals surface area contributed by atoms with Gasteiger partial charge in [0.2, 0.25) is 0 Å². The standard InChI is InChI=1S/C13H25F3N2O2/c1-10(6-5-7-13(14,15)16)17-8-9-18-11(19)20-12(2,3)4/h10,17H,5-9H2,1-4H3,(H,18,19). The van der Waals surface area contributed by atoms with E-state index in [1.807, 2.05) is 6.92 Å². The van der Waals surface area contributed by atoms with E-state index in [4.69, 9.17) is 4.74 Å². The lowest BCUT2D eigenvalue weighted by Gasteiger charge is -2.20. The first-order valence-corrected chi connectivity index (χ1v) is 6.76. The molecule has 0 rings (SSSR count). The van der Waals surface area contributed by atoms with Crippen LogP contribution in [0.25, 0.3) is 0 Å². The zero-order valence-corrected chi connectivity index (χ0v) is 12.6. The van der Waals surface area contributed by atoms with Gasteiger partial charge in [-0.25, -0.2) is 4.79 Å². The summed E-state index contributed by atoms with van der Waals surface area (Å²) in [5.74, 6) is 0. The lowest BCUT2D eigenvalue weighted by molar-refractivity contribution is -0.135. The zero-order valence-electron chi connectivity index (χ0n) is 12.6. The van der Waals surface area contributed by atoms with Crippen LogP contribution in [0.3, 0.4) is 0 Å². The summed E-state index contributed by atoms with van der Waals surface area (Å²) >= 11 is 0. The van der Waals surface area contributed by atoms with E-state index in [-0.39, 0.29) is 12.5 Å². The lowest BCUT2D eigenvalue weighted by Crippen LogP contribution is -2.38. The molecule has 0 aromatic rings. The Morgan fingerprint density at radius 2 is 1.80 bits per heavy atom. The third-order valence-corrected chi connectivity index (χ3v) is 2.38. The minimum atomic E-state index is -4.09. The summed E-state index contributed by atoms with van der Waals surface area (Å²) in [6, 6.07) is -0.0159. The van der Waals surface area contributed by atoms with Crippen molar-refractivity contribution in [2.24, 2.45) is 0 Å². The van der Waals surface area contributed by atoms with Crippen molar-refractivity contribution in [3.63, 3.8) is 0 Å². The lowest BCUT2D eigenvalue weighted by atomic mass is 10.1. The molecule has 20 heavy (non-hydrogen) atoms. The average Bonchev–Trinajstić information content (AvgIpc) is 2.20. The number of nitrogens with one attached hydrogen (secondary N) is 2. The summed E-state index contributed by atoms with van der Waals surface area (Å²) in [5.41, 5.74) is -0.539. The SMILES string of the molecule is CC(CCCC(F)(F)F)NCCNC(=O)OC(C)(C)C. The van der Waals surface area contributed by atoms with Crippen molar-refractivity contribution in [2.45, 2.75) is 64.8 Å². The van der Waals surface area contributed by atoms with Crippen molar-refractivity contribution in [3.05, 3.63) is 0 Å². The number of hydrogen-bond donors (Lipinski definition) is 2. The van der Waals surface area contributed by atoms with Gasteiger partial charge in [-0.1, -0.05) is 0 Å². The summed E-state index contributed by atoms with van der Waals surface area (Å²) in [7, 11) is 0. The Balaban J connectivity index is 3.57. The molecule has 1 amide bonds. The Labute approximate surface area is 118 Å². The molecule has 0 aromatic heterocycles. The Kier molecular flexibility index (Phi) is 7.93. The van der Waals surface area contributed by atoms with Gasteiger partial charge >= 0.3 is 12.3 Å². The van der Waals surface area contributed by atoms with Crippen LogP contribution in [0.1, 0.15) is 47.0 Å². The summed E-state index contributed by atoms with van der Waals surface area (Å²) < 4.78 is 40.9. The smallest absolute Gasteiger partial charge is 0.407 e. The molecular weight excluding hydrogens is 273 g/mol. The molecule has 4 nitrogen and oxygen atoms in total. The van der Waals surface area contributed by atoms with E-state index in [0.29, 0.717) is 19.5 Å². The highest BCUT2D eigenvalue weighted by atomic mass is 19.4. The van der Waals surface area contributed by atoms with Gasteiger partial charge in [0, 0.05) is 25.6 Å². The van der Waals surface area contributed by atoms with Gasteiger partial charge in [0.05, 0.1) is 0 Å². The summed E-state index contributed by atoms with van der Waals surface area (Å²) in [4.78, 5) is 11.3. The highest BCUT2D eigenvalue weighted by molar-refractivity contribution is 5.67. The Bertz CT molecular complexity index is 288. The number of carbonyl (C=O) groups is 1. The van der Waals surface area contributed by atoms with E-state index in [1.54, 1.807) is 20.8 Å². The van der Waals surface area contributed by atoms with Gasteiger partial charge in [-0.05, 0) is 40.5 Å². The summed E-state index contributed by atoms with van der Waals surface area (Å²) in [6.45, 7) is 8.00. The van der Waals surface area contributed by atoms with Crippen molar-refractivity contribution >= 4 is 6.09 Å². The molecule has 0 fully saturated rings.